The molecular formula is C18H20N6O2S. The van der Waals surface area contributed by atoms with Gasteiger partial charge in [-0.15, -0.1) is 11.3 Å². The van der Waals surface area contributed by atoms with E-state index in [0.717, 1.165) is 5.56 Å². The highest BCUT2D eigenvalue weighted by molar-refractivity contribution is 7.13. The molecule has 0 unspecified atom stereocenters. The molecule has 27 heavy (non-hydrogen) atoms. The summed E-state index contributed by atoms with van der Waals surface area (Å²) in [4.78, 5) is 32.4. The highest BCUT2D eigenvalue weighted by atomic mass is 32.1. The smallest absolute Gasteiger partial charge is 0.228 e. The summed E-state index contributed by atoms with van der Waals surface area (Å²) < 4.78 is 1.66. The predicted octanol–water partition coefficient (Wildman–Crippen LogP) is 2.18. The van der Waals surface area contributed by atoms with Crippen molar-refractivity contribution in [2.45, 2.75) is 26.8 Å². The summed E-state index contributed by atoms with van der Waals surface area (Å²) in [6.45, 7) is 4.01. The van der Waals surface area contributed by atoms with Crippen molar-refractivity contribution in [3.63, 3.8) is 0 Å². The molecule has 0 atom stereocenters. The van der Waals surface area contributed by atoms with E-state index in [1.165, 1.54) is 11.3 Å². The molecule has 3 aromatic rings. The van der Waals surface area contributed by atoms with Crippen LogP contribution in [0.2, 0.25) is 0 Å². The summed E-state index contributed by atoms with van der Waals surface area (Å²) in [7, 11) is 0. The molecule has 0 aromatic carbocycles. The Kier molecular flexibility index (Phi) is 5.92. The lowest BCUT2D eigenvalue weighted by Crippen LogP contribution is -2.25. The van der Waals surface area contributed by atoms with E-state index < -0.39 is 0 Å². The number of hydrogen-bond acceptors (Lipinski definition) is 6. The van der Waals surface area contributed by atoms with Crippen molar-refractivity contribution in [3.05, 3.63) is 53.4 Å². The maximum Gasteiger partial charge on any atom is 0.228 e. The lowest BCUT2D eigenvalue weighted by Gasteiger charge is -2.06. The third kappa shape index (κ3) is 5.20. The van der Waals surface area contributed by atoms with Crippen molar-refractivity contribution in [2.24, 2.45) is 5.92 Å². The normalized spacial score (nSPS) is 10.8. The van der Waals surface area contributed by atoms with Crippen LogP contribution in [0.1, 0.15) is 25.1 Å². The van der Waals surface area contributed by atoms with E-state index in [1.54, 1.807) is 22.5 Å². The highest BCUT2D eigenvalue weighted by Gasteiger charge is 2.12. The number of nitrogens with one attached hydrogen (secondary N) is 2. The van der Waals surface area contributed by atoms with Gasteiger partial charge in [-0.1, -0.05) is 13.8 Å². The van der Waals surface area contributed by atoms with Crippen molar-refractivity contribution in [2.75, 3.05) is 5.32 Å². The van der Waals surface area contributed by atoms with Gasteiger partial charge in [-0.05, 0) is 23.8 Å². The Bertz CT molecular complexity index is 920. The first-order valence-corrected chi connectivity index (χ1v) is 9.36. The lowest BCUT2D eigenvalue weighted by atomic mass is 10.2. The molecule has 0 aliphatic heterocycles. The number of aromatic nitrogens is 4. The number of anilines is 1. The molecule has 2 N–H and O–H groups in total. The fraction of sp³-hybridized carbons (Fsp3) is 0.278. The Morgan fingerprint density at radius 2 is 2.15 bits per heavy atom. The first-order valence-electron chi connectivity index (χ1n) is 8.48. The number of hydrogen-bond donors (Lipinski definition) is 2. The molecule has 140 valence electrons. The van der Waals surface area contributed by atoms with Gasteiger partial charge in [-0.2, -0.15) is 5.10 Å². The largest absolute Gasteiger partial charge is 0.352 e. The van der Waals surface area contributed by atoms with E-state index in [9.17, 15) is 9.59 Å². The van der Waals surface area contributed by atoms with Gasteiger partial charge in [-0.3, -0.25) is 9.59 Å². The van der Waals surface area contributed by atoms with Crippen molar-refractivity contribution in [3.8, 4) is 5.82 Å². The molecule has 8 nitrogen and oxygen atoms in total. The molecule has 3 aromatic heterocycles. The molecule has 0 fully saturated rings. The van der Waals surface area contributed by atoms with E-state index in [1.807, 2.05) is 38.2 Å². The lowest BCUT2D eigenvalue weighted by molar-refractivity contribution is -0.120. The molecule has 0 aliphatic rings. The quantitative estimate of drug-likeness (QED) is 0.650. The highest BCUT2D eigenvalue weighted by Crippen LogP contribution is 2.16. The first-order chi connectivity index (χ1) is 13.0. The van der Waals surface area contributed by atoms with Crippen LogP contribution in [0, 0.1) is 5.92 Å². The summed E-state index contributed by atoms with van der Waals surface area (Å²) in [5.74, 6) is 0.343. The molecule has 2 amide bonds. The van der Waals surface area contributed by atoms with Crippen LogP contribution in [-0.4, -0.2) is 31.6 Å². The number of carbonyl (C=O) groups is 2. The zero-order valence-corrected chi connectivity index (χ0v) is 15.9. The molecule has 3 heterocycles. The maximum absolute atomic E-state index is 12.2. The number of carbonyl (C=O) groups excluding carboxylic acids is 2. The van der Waals surface area contributed by atoms with Gasteiger partial charge in [0, 0.05) is 36.4 Å². The Hall–Kier alpha value is -3.07. The van der Waals surface area contributed by atoms with Gasteiger partial charge < -0.3 is 10.6 Å². The topological polar surface area (TPSA) is 102 Å². The van der Waals surface area contributed by atoms with Crippen LogP contribution in [0.4, 0.5) is 5.13 Å². The molecule has 0 saturated heterocycles. The van der Waals surface area contributed by atoms with Gasteiger partial charge in [-0.25, -0.2) is 14.6 Å². The molecule has 9 heteroatoms. The van der Waals surface area contributed by atoms with Crippen LogP contribution >= 0.6 is 11.3 Å². The zero-order valence-electron chi connectivity index (χ0n) is 15.0. The Labute approximate surface area is 160 Å². The van der Waals surface area contributed by atoms with Gasteiger partial charge in [0.15, 0.2) is 10.9 Å². The second-order valence-corrected chi connectivity index (χ2v) is 7.07. The van der Waals surface area contributed by atoms with Crippen LogP contribution in [0.25, 0.3) is 5.82 Å². The molecule has 0 spiro atoms. The predicted molar refractivity (Wildman–Crippen MR) is 102 cm³/mol. The molecule has 0 radical (unpaired) electrons. The number of pyridine rings is 1. The van der Waals surface area contributed by atoms with Gasteiger partial charge in [0.05, 0.1) is 12.1 Å². The summed E-state index contributed by atoms with van der Waals surface area (Å²) in [5, 5.41) is 12.0. The Morgan fingerprint density at radius 1 is 1.30 bits per heavy atom. The number of thiazole rings is 1. The van der Waals surface area contributed by atoms with Gasteiger partial charge in [0.1, 0.15) is 0 Å². The second kappa shape index (κ2) is 8.54. The van der Waals surface area contributed by atoms with E-state index in [2.05, 4.69) is 25.7 Å². The van der Waals surface area contributed by atoms with Crippen LogP contribution < -0.4 is 10.6 Å². The van der Waals surface area contributed by atoms with Crippen molar-refractivity contribution < 1.29 is 9.59 Å². The second-order valence-electron chi connectivity index (χ2n) is 6.21. The third-order valence-electron chi connectivity index (χ3n) is 3.69. The van der Waals surface area contributed by atoms with Crippen LogP contribution in [0.5, 0.6) is 0 Å². The maximum atomic E-state index is 12.2. The van der Waals surface area contributed by atoms with Gasteiger partial charge in [0.2, 0.25) is 11.8 Å². The molecular weight excluding hydrogens is 364 g/mol. The molecule has 3 rings (SSSR count). The fourth-order valence-corrected chi connectivity index (χ4v) is 2.94. The average Bonchev–Trinajstić information content (AvgIpc) is 3.32. The minimum atomic E-state index is -0.139. The van der Waals surface area contributed by atoms with Gasteiger partial charge >= 0.3 is 0 Å². The standard InChI is InChI=1S/C18H20N6O2S/c1-12(2)17(26)23-18-22-14(11-27-18)9-16(25)20-10-13-4-6-19-15(8-13)24-7-3-5-21-24/h3-8,11-12H,9-10H2,1-2H3,(H,20,25)(H,22,23,26). The summed E-state index contributed by atoms with van der Waals surface area (Å²) in [6.07, 6.45) is 5.33. The van der Waals surface area contributed by atoms with Crippen molar-refractivity contribution in [1.82, 2.24) is 25.1 Å². The summed E-state index contributed by atoms with van der Waals surface area (Å²) >= 11 is 1.31. The monoisotopic (exact) mass is 384 g/mol. The fourth-order valence-electron chi connectivity index (χ4n) is 2.22. The first kappa shape index (κ1) is 18.7. The number of rotatable bonds is 7. The van der Waals surface area contributed by atoms with E-state index in [4.69, 9.17) is 0 Å². The van der Waals surface area contributed by atoms with E-state index in [0.29, 0.717) is 23.2 Å². The van der Waals surface area contributed by atoms with Crippen LogP contribution in [0.3, 0.4) is 0 Å². The van der Waals surface area contributed by atoms with Crippen molar-refractivity contribution in [1.29, 1.82) is 0 Å². The Morgan fingerprint density at radius 3 is 2.89 bits per heavy atom. The molecule has 0 saturated carbocycles. The average molecular weight is 384 g/mol. The minimum Gasteiger partial charge on any atom is -0.352 e. The van der Waals surface area contributed by atoms with Crippen LogP contribution in [0.15, 0.2) is 42.2 Å². The zero-order chi connectivity index (χ0) is 19.2. The molecule has 0 aliphatic carbocycles. The van der Waals surface area contributed by atoms with E-state index >= 15 is 0 Å². The van der Waals surface area contributed by atoms with E-state index in [-0.39, 0.29) is 24.2 Å². The number of amides is 2. The summed E-state index contributed by atoms with van der Waals surface area (Å²) in [6, 6.07) is 5.53. The minimum absolute atomic E-state index is 0.0916. The Balaban J connectivity index is 1.52. The molecule has 0 bridgehead atoms. The van der Waals surface area contributed by atoms with Crippen molar-refractivity contribution >= 4 is 28.3 Å². The van der Waals surface area contributed by atoms with Gasteiger partial charge in [0.25, 0.3) is 0 Å². The summed E-state index contributed by atoms with van der Waals surface area (Å²) in [5.41, 5.74) is 1.55. The SMILES string of the molecule is CC(C)C(=O)Nc1nc(CC(=O)NCc2ccnc(-n3cccn3)c2)cs1. The number of nitrogens with zero attached hydrogens (tertiary/aromatic N) is 4. The third-order valence-corrected chi connectivity index (χ3v) is 4.49. The van der Waals surface area contributed by atoms with Crippen LogP contribution in [-0.2, 0) is 22.6 Å².